The van der Waals surface area contributed by atoms with Crippen molar-refractivity contribution < 1.29 is 24.0 Å². The van der Waals surface area contributed by atoms with E-state index in [1.54, 1.807) is 12.1 Å². The summed E-state index contributed by atoms with van der Waals surface area (Å²) in [5.41, 5.74) is 1.53. The molecule has 174 valence electrons. The van der Waals surface area contributed by atoms with E-state index in [0.717, 1.165) is 49.5 Å². The number of fused-ring (bicyclic) bond motifs is 1. The molecule has 3 fully saturated rings. The van der Waals surface area contributed by atoms with Gasteiger partial charge in [0.15, 0.2) is 0 Å². The van der Waals surface area contributed by atoms with Gasteiger partial charge in [-0.1, -0.05) is 6.07 Å². The summed E-state index contributed by atoms with van der Waals surface area (Å²) in [7, 11) is 0. The number of hydrogen-bond donors (Lipinski definition) is 2. The molecule has 1 aromatic carbocycles. The molecule has 1 atom stereocenters. The normalized spacial score (nSPS) is 25.0. The van der Waals surface area contributed by atoms with E-state index in [-0.39, 0.29) is 30.7 Å². The standard InChI is InChI=1S/C23H27N5O5/c29-19-4-3-18(21(31)25-19)28-22(32)16-2-1-14(11-17(16)23(28)33)13-26-8-5-15(6-9-26)27-10-7-24-12-20(27)30/h1-2,11,15,18,24H,3-10,12-13H2,(H,25,29,31). The Kier molecular flexibility index (Phi) is 5.71. The van der Waals surface area contributed by atoms with Crippen molar-refractivity contribution >= 4 is 29.5 Å². The van der Waals surface area contributed by atoms with Gasteiger partial charge in [0.05, 0.1) is 17.7 Å². The van der Waals surface area contributed by atoms with Crippen molar-refractivity contribution in [2.75, 3.05) is 32.7 Å². The van der Waals surface area contributed by atoms with E-state index in [1.165, 1.54) is 0 Å². The molecule has 1 unspecified atom stereocenters. The Balaban J connectivity index is 1.23. The van der Waals surface area contributed by atoms with Crippen molar-refractivity contribution in [1.82, 2.24) is 25.3 Å². The Labute approximate surface area is 191 Å². The Morgan fingerprint density at radius 2 is 1.67 bits per heavy atom. The number of likely N-dealkylation sites (tertiary alicyclic amines) is 1. The predicted molar refractivity (Wildman–Crippen MR) is 116 cm³/mol. The smallest absolute Gasteiger partial charge is 0.262 e. The van der Waals surface area contributed by atoms with Crippen molar-refractivity contribution in [3.8, 4) is 0 Å². The third kappa shape index (κ3) is 4.04. The molecule has 4 heterocycles. The molecule has 10 nitrogen and oxygen atoms in total. The Hall–Kier alpha value is -3.11. The SMILES string of the molecule is O=C1CCC(N2C(=O)c3ccc(CN4CCC(N5CCNCC5=O)CC4)cc3C2=O)C(=O)N1. The van der Waals surface area contributed by atoms with Crippen molar-refractivity contribution in [3.05, 3.63) is 34.9 Å². The lowest BCUT2D eigenvalue weighted by atomic mass is 10.0. The number of carbonyl (C=O) groups is 5. The minimum absolute atomic E-state index is 0.102. The average molecular weight is 453 g/mol. The van der Waals surface area contributed by atoms with Gasteiger partial charge < -0.3 is 10.2 Å². The van der Waals surface area contributed by atoms with Gasteiger partial charge in [-0.2, -0.15) is 0 Å². The number of hydrogen-bond acceptors (Lipinski definition) is 7. The summed E-state index contributed by atoms with van der Waals surface area (Å²) in [6, 6.07) is 4.57. The van der Waals surface area contributed by atoms with Crippen LogP contribution in [-0.4, -0.2) is 89.0 Å². The quantitative estimate of drug-likeness (QED) is 0.589. The van der Waals surface area contributed by atoms with Crippen LogP contribution in [0.25, 0.3) is 0 Å². The average Bonchev–Trinajstić information content (AvgIpc) is 3.05. The molecular weight excluding hydrogens is 426 g/mol. The van der Waals surface area contributed by atoms with Gasteiger partial charge >= 0.3 is 0 Å². The Morgan fingerprint density at radius 1 is 0.909 bits per heavy atom. The predicted octanol–water partition coefficient (Wildman–Crippen LogP) is -0.516. The lowest BCUT2D eigenvalue weighted by Crippen LogP contribution is -2.55. The van der Waals surface area contributed by atoms with Gasteiger partial charge in [-0.15, -0.1) is 0 Å². The van der Waals surface area contributed by atoms with Crippen LogP contribution >= 0.6 is 0 Å². The van der Waals surface area contributed by atoms with Gasteiger partial charge in [0.25, 0.3) is 11.8 Å². The van der Waals surface area contributed by atoms with Gasteiger partial charge in [-0.25, -0.2) is 0 Å². The van der Waals surface area contributed by atoms with E-state index in [9.17, 15) is 24.0 Å². The van der Waals surface area contributed by atoms with Gasteiger partial charge in [0.2, 0.25) is 17.7 Å². The highest BCUT2D eigenvalue weighted by atomic mass is 16.2. The number of nitrogens with zero attached hydrogens (tertiary/aromatic N) is 3. The van der Waals surface area contributed by atoms with Crippen LogP contribution in [0.1, 0.15) is 52.0 Å². The van der Waals surface area contributed by atoms with E-state index in [0.29, 0.717) is 24.2 Å². The van der Waals surface area contributed by atoms with Crippen molar-refractivity contribution in [2.45, 2.75) is 44.3 Å². The Morgan fingerprint density at radius 3 is 2.39 bits per heavy atom. The summed E-state index contributed by atoms with van der Waals surface area (Å²) in [6.45, 7) is 4.37. The monoisotopic (exact) mass is 453 g/mol. The molecule has 0 saturated carbocycles. The first kappa shape index (κ1) is 21.7. The molecule has 4 aliphatic heterocycles. The maximum absolute atomic E-state index is 13.0. The van der Waals surface area contributed by atoms with Crippen LogP contribution in [0.5, 0.6) is 0 Å². The van der Waals surface area contributed by atoms with Crippen LogP contribution in [-0.2, 0) is 20.9 Å². The topological polar surface area (TPSA) is 119 Å². The minimum Gasteiger partial charge on any atom is -0.337 e. The summed E-state index contributed by atoms with van der Waals surface area (Å²) < 4.78 is 0. The second-order valence-electron chi connectivity index (χ2n) is 9.10. The Bertz CT molecular complexity index is 1030. The van der Waals surface area contributed by atoms with E-state index >= 15 is 0 Å². The van der Waals surface area contributed by atoms with E-state index in [2.05, 4.69) is 15.5 Å². The molecule has 0 aromatic heterocycles. The fourth-order valence-corrected chi connectivity index (χ4v) is 5.27. The highest BCUT2D eigenvalue weighted by Gasteiger charge is 2.44. The third-order valence-electron chi connectivity index (χ3n) is 7.03. The second kappa shape index (κ2) is 8.68. The van der Waals surface area contributed by atoms with Crippen LogP contribution < -0.4 is 10.6 Å². The maximum Gasteiger partial charge on any atom is 0.262 e. The zero-order valence-electron chi connectivity index (χ0n) is 18.3. The number of rotatable bonds is 4. The fraction of sp³-hybridized carbons (Fsp3) is 0.522. The first-order chi connectivity index (χ1) is 15.9. The molecule has 3 saturated heterocycles. The molecule has 5 rings (SSSR count). The van der Waals surface area contributed by atoms with Gasteiger partial charge in [-0.05, 0) is 37.0 Å². The lowest BCUT2D eigenvalue weighted by molar-refractivity contribution is -0.137. The van der Waals surface area contributed by atoms with Crippen molar-refractivity contribution in [1.29, 1.82) is 0 Å². The second-order valence-corrected chi connectivity index (χ2v) is 9.10. The number of imide groups is 2. The molecule has 2 N–H and O–H groups in total. The van der Waals surface area contributed by atoms with Crippen molar-refractivity contribution in [2.24, 2.45) is 0 Å². The summed E-state index contributed by atoms with van der Waals surface area (Å²) in [4.78, 5) is 66.9. The molecule has 1 aromatic rings. The van der Waals surface area contributed by atoms with Crippen LogP contribution in [0.4, 0.5) is 0 Å². The highest BCUT2D eigenvalue weighted by Crippen LogP contribution is 2.29. The number of nitrogens with one attached hydrogen (secondary N) is 2. The zero-order valence-corrected chi connectivity index (χ0v) is 18.3. The van der Waals surface area contributed by atoms with Gasteiger partial charge in [-0.3, -0.25) is 39.1 Å². The summed E-state index contributed by atoms with van der Waals surface area (Å²) in [5.74, 6) is -1.80. The minimum atomic E-state index is -0.953. The van der Waals surface area contributed by atoms with Crippen LogP contribution in [0.15, 0.2) is 18.2 Å². The van der Waals surface area contributed by atoms with E-state index in [4.69, 9.17) is 0 Å². The van der Waals surface area contributed by atoms with Gasteiger partial charge in [0, 0.05) is 45.2 Å². The molecule has 33 heavy (non-hydrogen) atoms. The van der Waals surface area contributed by atoms with Crippen molar-refractivity contribution in [3.63, 3.8) is 0 Å². The largest absolute Gasteiger partial charge is 0.337 e. The number of piperidine rings is 2. The number of piperazine rings is 1. The molecule has 10 heteroatoms. The molecule has 5 amide bonds. The molecule has 0 aliphatic carbocycles. The van der Waals surface area contributed by atoms with Gasteiger partial charge in [0.1, 0.15) is 6.04 Å². The molecule has 0 bridgehead atoms. The molecule has 0 radical (unpaired) electrons. The van der Waals surface area contributed by atoms with Crippen LogP contribution in [0.2, 0.25) is 0 Å². The first-order valence-corrected chi connectivity index (χ1v) is 11.5. The van der Waals surface area contributed by atoms with E-state index < -0.39 is 23.8 Å². The maximum atomic E-state index is 13.0. The lowest BCUT2D eigenvalue weighted by Gasteiger charge is -2.40. The van der Waals surface area contributed by atoms with E-state index in [1.807, 2.05) is 11.0 Å². The fourth-order valence-electron chi connectivity index (χ4n) is 5.27. The molecule has 0 spiro atoms. The summed E-state index contributed by atoms with van der Waals surface area (Å²) in [5, 5.41) is 5.32. The van der Waals surface area contributed by atoms with Crippen LogP contribution in [0.3, 0.4) is 0 Å². The third-order valence-corrected chi connectivity index (χ3v) is 7.03. The number of benzene rings is 1. The summed E-state index contributed by atoms with van der Waals surface area (Å²) >= 11 is 0. The first-order valence-electron chi connectivity index (χ1n) is 11.5. The summed E-state index contributed by atoms with van der Waals surface area (Å²) in [6.07, 6.45) is 2.08. The highest BCUT2D eigenvalue weighted by molar-refractivity contribution is 6.23. The zero-order chi connectivity index (χ0) is 23.1. The van der Waals surface area contributed by atoms with Crippen LogP contribution in [0, 0.1) is 0 Å². The number of amides is 5. The molecular formula is C23H27N5O5. The molecule has 4 aliphatic rings. The number of carbonyl (C=O) groups excluding carboxylic acids is 5.